The third-order valence-electron chi connectivity index (χ3n) is 3.61. The van der Waals surface area contributed by atoms with Gasteiger partial charge in [-0.25, -0.2) is 0 Å². The van der Waals surface area contributed by atoms with Gasteiger partial charge in [0, 0.05) is 5.41 Å². The molecule has 0 aliphatic heterocycles. The van der Waals surface area contributed by atoms with Crippen LogP contribution in [0.4, 0.5) is 0 Å². The normalized spacial score (nSPS) is 16.6. The highest BCUT2D eigenvalue weighted by Crippen LogP contribution is 2.17. The SMILES string of the molecule is CC(C)CCC(C)C(N)C(=O)NC(C)C(=O)C(C)(C)C. The number of hydrogen-bond donors (Lipinski definition) is 2. The van der Waals surface area contributed by atoms with Crippen molar-refractivity contribution in [2.24, 2.45) is 23.0 Å². The Hall–Kier alpha value is -0.900. The highest BCUT2D eigenvalue weighted by atomic mass is 16.2. The Morgan fingerprint density at radius 1 is 1.05 bits per heavy atom. The minimum Gasteiger partial charge on any atom is -0.345 e. The molecule has 0 aliphatic carbocycles. The smallest absolute Gasteiger partial charge is 0.237 e. The second-order valence-corrected chi connectivity index (χ2v) is 7.32. The van der Waals surface area contributed by atoms with E-state index in [1.807, 2.05) is 27.7 Å². The minimum atomic E-state index is -0.552. The summed E-state index contributed by atoms with van der Waals surface area (Å²) in [5, 5.41) is 2.74. The van der Waals surface area contributed by atoms with Crippen molar-refractivity contribution in [3.05, 3.63) is 0 Å². The van der Waals surface area contributed by atoms with Crippen molar-refractivity contribution in [1.82, 2.24) is 5.32 Å². The summed E-state index contributed by atoms with van der Waals surface area (Å²) in [6.45, 7) is 13.6. The number of nitrogens with two attached hydrogens (primary N) is 1. The number of Topliss-reactive ketones (excluding diaryl/α,β-unsaturated/α-hetero) is 1. The third kappa shape index (κ3) is 6.51. The molecule has 118 valence electrons. The zero-order chi connectivity index (χ0) is 16.1. The van der Waals surface area contributed by atoms with Crippen LogP contribution >= 0.6 is 0 Å². The molecule has 4 nitrogen and oxygen atoms in total. The zero-order valence-electron chi connectivity index (χ0n) is 14.1. The van der Waals surface area contributed by atoms with Gasteiger partial charge in [0.25, 0.3) is 0 Å². The molecule has 3 unspecified atom stereocenters. The van der Waals surface area contributed by atoms with Gasteiger partial charge < -0.3 is 11.1 Å². The molecule has 0 saturated carbocycles. The highest BCUT2D eigenvalue weighted by Gasteiger charge is 2.29. The molecule has 4 heteroatoms. The van der Waals surface area contributed by atoms with Crippen LogP contribution in [0.1, 0.15) is 61.3 Å². The Morgan fingerprint density at radius 3 is 1.95 bits per heavy atom. The lowest BCUT2D eigenvalue weighted by atomic mass is 9.86. The number of hydrogen-bond acceptors (Lipinski definition) is 3. The summed E-state index contributed by atoms with van der Waals surface area (Å²) in [4.78, 5) is 24.1. The Balaban J connectivity index is 4.42. The van der Waals surface area contributed by atoms with E-state index in [1.165, 1.54) is 0 Å². The summed E-state index contributed by atoms with van der Waals surface area (Å²) in [6.07, 6.45) is 1.98. The van der Waals surface area contributed by atoms with Gasteiger partial charge in [-0.1, -0.05) is 48.0 Å². The lowest BCUT2D eigenvalue weighted by Gasteiger charge is -2.25. The molecule has 3 N–H and O–H groups in total. The maximum Gasteiger partial charge on any atom is 0.237 e. The Bertz CT molecular complexity index is 332. The first-order chi connectivity index (χ1) is 8.96. The molecule has 1 amide bonds. The van der Waals surface area contributed by atoms with E-state index in [0.29, 0.717) is 5.92 Å². The van der Waals surface area contributed by atoms with Crippen LogP contribution in [0.5, 0.6) is 0 Å². The molecule has 0 rings (SSSR count). The Labute approximate surface area is 123 Å². The molecule has 0 fully saturated rings. The summed E-state index contributed by atoms with van der Waals surface area (Å²) in [6, 6.07) is -1.05. The summed E-state index contributed by atoms with van der Waals surface area (Å²) in [5.74, 6) is 0.516. The van der Waals surface area contributed by atoms with Crippen LogP contribution in [0, 0.1) is 17.3 Å². The molecule has 0 aromatic heterocycles. The first kappa shape index (κ1) is 19.1. The number of rotatable bonds is 7. The molecule has 3 atom stereocenters. The van der Waals surface area contributed by atoms with Gasteiger partial charge in [0.15, 0.2) is 5.78 Å². The monoisotopic (exact) mass is 284 g/mol. The largest absolute Gasteiger partial charge is 0.345 e. The molecule has 0 radical (unpaired) electrons. The van der Waals surface area contributed by atoms with E-state index in [9.17, 15) is 9.59 Å². The van der Waals surface area contributed by atoms with Gasteiger partial charge in [-0.15, -0.1) is 0 Å². The second kappa shape index (κ2) is 7.77. The van der Waals surface area contributed by atoms with Crippen LogP contribution in [-0.4, -0.2) is 23.8 Å². The van der Waals surface area contributed by atoms with E-state index in [2.05, 4.69) is 19.2 Å². The van der Waals surface area contributed by atoms with Gasteiger partial charge in [-0.3, -0.25) is 9.59 Å². The van der Waals surface area contributed by atoms with Crippen LogP contribution in [-0.2, 0) is 9.59 Å². The zero-order valence-corrected chi connectivity index (χ0v) is 14.1. The highest BCUT2D eigenvalue weighted by molar-refractivity contribution is 5.93. The quantitative estimate of drug-likeness (QED) is 0.754. The van der Waals surface area contributed by atoms with Gasteiger partial charge in [-0.05, 0) is 25.2 Å². The Morgan fingerprint density at radius 2 is 1.55 bits per heavy atom. The molecule has 0 aromatic carbocycles. The van der Waals surface area contributed by atoms with Crippen molar-refractivity contribution in [2.45, 2.75) is 73.4 Å². The average Bonchev–Trinajstić information content (AvgIpc) is 2.32. The van der Waals surface area contributed by atoms with Crippen LogP contribution in [0.15, 0.2) is 0 Å². The van der Waals surface area contributed by atoms with Crippen molar-refractivity contribution in [3.8, 4) is 0 Å². The van der Waals surface area contributed by atoms with E-state index in [1.54, 1.807) is 6.92 Å². The molecule has 0 saturated heterocycles. The van der Waals surface area contributed by atoms with Crippen LogP contribution in [0.3, 0.4) is 0 Å². The number of amides is 1. The first-order valence-corrected chi connectivity index (χ1v) is 7.57. The molecular formula is C16H32N2O2. The lowest BCUT2D eigenvalue weighted by molar-refractivity contribution is -0.132. The summed E-state index contributed by atoms with van der Waals surface area (Å²) in [5.41, 5.74) is 5.52. The molecule has 0 bridgehead atoms. The summed E-state index contributed by atoms with van der Waals surface area (Å²) in [7, 11) is 0. The Kier molecular flexibility index (Phi) is 7.42. The van der Waals surface area contributed by atoms with Crippen molar-refractivity contribution in [1.29, 1.82) is 0 Å². The van der Waals surface area contributed by atoms with E-state index in [-0.39, 0.29) is 17.6 Å². The fourth-order valence-electron chi connectivity index (χ4n) is 2.06. The van der Waals surface area contributed by atoms with E-state index in [0.717, 1.165) is 12.8 Å². The predicted molar refractivity (Wildman–Crippen MR) is 83.3 cm³/mol. The van der Waals surface area contributed by atoms with Gasteiger partial charge in [0.05, 0.1) is 12.1 Å². The van der Waals surface area contributed by atoms with Crippen molar-refractivity contribution < 1.29 is 9.59 Å². The second-order valence-electron chi connectivity index (χ2n) is 7.32. The maximum atomic E-state index is 12.1. The van der Waals surface area contributed by atoms with Gasteiger partial charge in [0.1, 0.15) is 0 Å². The van der Waals surface area contributed by atoms with Gasteiger partial charge in [-0.2, -0.15) is 0 Å². The van der Waals surface area contributed by atoms with Gasteiger partial charge >= 0.3 is 0 Å². The molecule has 0 heterocycles. The number of carbonyl (C=O) groups is 2. The number of carbonyl (C=O) groups excluding carboxylic acids is 2. The lowest BCUT2D eigenvalue weighted by Crippen LogP contribution is -2.51. The molecule has 0 aromatic rings. The van der Waals surface area contributed by atoms with Crippen molar-refractivity contribution in [3.63, 3.8) is 0 Å². The fourth-order valence-corrected chi connectivity index (χ4v) is 2.06. The average molecular weight is 284 g/mol. The predicted octanol–water partition coefficient (Wildman–Crippen LogP) is 2.51. The first-order valence-electron chi connectivity index (χ1n) is 7.57. The minimum absolute atomic E-state index is 0.0212. The third-order valence-corrected chi connectivity index (χ3v) is 3.61. The van der Waals surface area contributed by atoms with Crippen LogP contribution < -0.4 is 11.1 Å². The number of nitrogens with one attached hydrogen (secondary N) is 1. The molecular weight excluding hydrogens is 252 g/mol. The summed E-state index contributed by atoms with van der Waals surface area (Å²) < 4.78 is 0. The summed E-state index contributed by atoms with van der Waals surface area (Å²) >= 11 is 0. The van der Waals surface area contributed by atoms with E-state index in [4.69, 9.17) is 5.73 Å². The maximum absolute atomic E-state index is 12.1. The van der Waals surface area contributed by atoms with Crippen LogP contribution in [0.2, 0.25) is 0 Å². The van der Waals surface area contributed by atoms with E-state index < -0.39 is 17.5 Å². The van der Waals surface area contributed by atoms with Crippen molar-refractivity contribution in [2.75, 3.05) is 0 Å². The van der Waals surface area contributed by atoms with Gasteiger partial charge in [0.2, 0.25) is 5.91 Å². The van der Waals surface area contributed by atoms with Crippen molar-refractivity contribution >= 4 is 11.7 Å². The van der Waals surface area contributed by atoms with E-state index >= 15 is 0 Å². The molecule has 20 heavy (non-hydrogen) atoms. The topological polar surface area (TPSA) is 72.2 Å². The fraction of sp³-hybridized carbons (Fsp3) is 0.875. The molecule has 0 spiro atoms. The number of ketones is 1. The molecule has 0 aliphatic rings. The standard InChI is InChI=1S/C16H32N2O2/c1-10(2)8-9-11(3)13(17)15(20)18-12(4)14(19)16(5,6)7/h10-13H,8-9,17H2,1-7H3,(H,18,20). The van der Waals surface area contributed by atoms with Crippen LogP contribution in [0.25, 0.3) is 0 Å².